The zero-order chi connectivity index (χ0) is 23.2. The number of rotatable bonds is 4. The molecule has 1 aromatic carbocycles. The molecule has 0 aliphatic rings. The molecule has 0 aliphatic heterocycles. The van der Waals surface area contributed by atoms with Crippen molar-refractivity contribution in [3.63, 3.8) is 0 Å². The van der Waals surface area contributed by atoms with Crippen LogP contribution in [0.2, 0.25) is 5.02 Å². The predicted octanol–water partition coefficient (Wildman–Crippen LogP) is 2.99. The number of halogens is 5. The van der Waals surface area contributed by atoms with Gasteiger partial charge in [0.25, 0.3) is 10.6 Å². The highest BCUT2D eigenvalue weighted by atomic mass is 35.5. The smallest absolute Gasteiger partial charge is 0.433 e. The van der Waals surface area contributed by atoms with Crippen molar-refractivity contribution in [3.8, 4) is 16.5 Å². The molecule has 0 amide bonds. The standard InChI is InChI=1S/C15H8ClF4N5O5S/c1-5-12(25(28)29)13(31-22-5)30-9-3-8(7(17)2-6(9)16)23-11(26)4-10(15(18,19)20)24(21)14(23)27/h2-4H,21H2,1H3. The molecule has 0 radical (unpaired) electrons. The van der Waals surface area contributed by atoms with Crippen molar-refractivity contribution in [1.29, 1.82) is 0 Å². The van der Waals surface area contributed by atoms with Crippen molar-refractivity contribution in [2.45, 2.75) is 13.1 Å². The van der Waals surface area contributed by atoms with E-state index in [0.29, 0.717) is 23.7 Å². The summed E-state index contributed by atoms with van der Waals surface area (Å²) in [6.07, 6.45) is -5.12. The minimum atomic E-state index is -5.12. The molecule has 10 nitrogen and oxygen atoms in total. The lowest BCUT2D eigenvalue weighted by molar-refractivity contribution is -0.386. The van der Waals surface area contributed by atoms with E-state index in [2.05, 4.69) is 4.37 Å². The maximum absolute atomic E-state index is 14.5. The second-order valence-electron chi connectivity index (χ2n) is 5.85. The number of hydrogen-bond donors (Lipinski definition) is 1. The Balaban J connectivity index is 2.20. The highest BCUT2D eigenvalue weighted by Crippen LogP contribution is 2.41. The van der Waals surface area contributed by atoms with Crippen LogP contribution in [-0.2, 0) is 6.18 Å². The van der Waals surface area contributed by atoms with E-state index in [1.807, 2.05) is 0 Å². The molecule has 0 bridgehead atoms. The van der Waals surface area contributed by atoms with Gasteiger partial charge >= 0.3 is 17.6 Å². The van der Waals surface area contributed by atoms with Gasteiger partial charge in [-0.2, -0.15) is 17.5 Å². The van der Waals surface area contributed by atoms with Crippen LogP contribution < -0.4 is 21.8 Å². The van der Waals surface area contributed by atoms with E-state index in [9.17, 15) is 37.3 Å². The normalized spacial score (nSPS) is 11.5. The molecule has 31 heavy (non-hydrogen) atoms. The maximum atomic E-state index is 14.5. The Labute approximate surface area is 177 Å². The Morgan fingerprint density at radius 2 is 1.94 bits per heavy atom. The van der Waals surface area contributed by atoms with Crippen molar-refractivity contribution in [3.05, 3.63) is 71.4 Å². The van der Waals surface area contributed by atoms with Gasteiger partial charge in [0.2, 0.25) is 0 Å². The summed E-state index contributed by atoms with van der Waals surface area (Å²) in [6, 6.07) is 1.33. The van der Waals surface area contributed by atoms with E-state index in [1.54, 1.807) is 0 Å². The predicted molar refractivity (Wildman–Crippen MR) is 100.0 cm³/mol. The molecule has 3 rings (SSSR count). The summed E-state index contributed by atoms with van der Waals surface area (Å²) in [5, 5.41) is 10.4. The van der Waals surface area contributed by atoms with Gasteiger partial charge in [0.1, 0.15) is 17.3 Å². The molecule has 0 aliphatic carbocycles. The summed E-state index contributed by atoms with van der Waals surface area (Å²) in [4.78, 5) is 34.8. The molecule has 2 aromatic heterocycles. The summed E-state index contributed by atoms with van der Waals surface area (Å²) in [6.45, 7) is 1.34. The third-order valence-electron chi connectivity index (χ3n) is 3.86. The van der Waals surface area contributed by atoms with Gasteiger partial charge < -0.3 is 10.6 Å². The Bertz CT molecular complexity index is 1330. The molecule has 0 spiro atoms. The first-order valence-corrected chi connectivity index (χ1v) is 8.97. The largest absolute Gasteiger partial charge is 0.437 e. The summed E-state index contributed by atoms with van der Waals surface area (Å²) in [7, 11) is 0. The van der Waals surface area contributed by atoms with Crippen LogP contribution in [0.5, 0.6) is 10.8 Å². The van der Waals surface area contributed by atoms with Gasteiger partial charge in [-0.25, -0.2) is 18.4 Å². The van der Waals surface area contributed by atoms with Crippen molar-refractivity contribution in [2.24, 2.45) is 0 Å². The van der Waals surface area contributed by atoms with Gasteiger partial charge in [0.05, 0.1) is 15.6 Å². The zero-order valence-corrected chi connectivity index (χ0v) is 16.5. The van der Waals surface area contributed by atoms with Gasteiger partial charge in [0, 0.05) is 23.7 Å². The van der Waals surface area contributed by atoms with E-state index in [1.165, 1.54) is 6.92 Å². The van der Waals surface area contributed by atoms with E-state index >= 15 is 0 Å². The molecule has 3 aromatic rings. The van der Waals surface area contributed by atoms with Gasteiger partial charge in [0.15, 0.2) is 5.69 Å². The lowest BCUT2D eigenvalue weighted by Crippen LogP contribution is -2.45. The van der Waals surface area contributed by atoms with E-state index in [-0.39, 0.29) is 26.1 Å². The second kappa shape index (κ2) is 7.66. The van der Waals surface area contributed by atoms with E-state index in [4.69, 9.17) is 22.2 Å². The fraction of sp³-hybridized carbons (Fsp3) is 0.133. The number of alkyl halides is 3. The molecule has 0 atom stereocenters. The number of aromatic nitrogens is 3. The van der Waals surface area contributed by atoms with Gasteiger partial charge in [-0.1, -0.05) is 11.6 Å². The number of nitro groups is 1. The lowest BCUT2D eigenvalue weighted by atomic mass is 10.2. The first-order chi connectivity index (χ1) is 14.3. The third-order valence-corrected chi connectivity index (χ3v) is 4.96. The van der Waals surface area contributed by atoms with Crippen molar-refractivity contribution >= 4 is 28.8 Å². The van der Waals surface area contributed by atoms with Crippen LogP contribution in [0.15, 0.2) is 27.8 Å². The minimum Gasteiger partial charge on any atom is -0.437 e. The first-order valence-electron chi connectivity index (χ1n) is 7.82. The summed E-state index contributed by atoms with van der Waals surface area (Å²) < 4.78 is 62.0. The van der Waals surface area contributed by atoms with Crippen molar-refractivity contribution in [1.82, 2.24) is 13.6 Å². The van der Waals surface area contributed by atoms with Crippen LogP contribution in [0.25, 0.3) is 5.69 Å². The fourth-order valence-corrected chi connectivity index (χ4v) is 3.41. The number of hydrogen-bond acceptors (Lipinski definition) is 8. The summed E-state index contributed by atoms with van der Waals surface area (Å²) >= 11 is 6.46. The van der Waals surface area contributed by atoms with Crippen LogP contribution in [0.1, 0.15) is 11.4 Å². The average molecular weight is 482 g/mol. The number of aryl methyl sites for hydroxylation is 1. The fourth-order valence-electron chi connectivity index (χ4n) is 2.48. The molecule has 2 heterocycles. The number of nitrogens with zero attached hydrogens (tertiary/aromatic N) is 4. The zero-order valence-electron chi connectivity index (χ0n) is 14.9. The molecule has 164 valence electrons. The molecule has 0 saturated carbocycles. The molecular formula is C15H8ClF4N5O5S. The van der Waals surface area contributed by atoms with Crippen molar-refractivity contribution in [2.75, 3.05) is 5.84 Å². The summed E-state index contributed by atoms with van der Waals surface area (Å²) in [5.74, 6) is 3.43. The van der Waals surface area contributed by atoms with Gasteiger partial charge in [-0.05, 0) is 13.0 Å². The van der Waals surface area contributed by atoms with Crippen LogP contribution in [0.4, 0.5) is 23.2 Å². The number of nitrogens with two attached hydrogens (primary N) is 1. The van der Waals surface area contributed by atoms with E-state index < -0.39 is 56.0 Å². The van der Waals surface area contributed by atoms with Gasteiger partial charge in [-0.15, -0.1) is 0 Å². The lowest BCUT2D eigenvalue weighted by Gasteiger charge is -2.15. The van der Waals surface area contributed by atoms with Crippen LogP contribution in [0.3, 0.4) is 0 Å². The third kappa shape index (κ3) is 3.96. The average Bonchev–Trinajstić information content (AvgIpc) is 3.01. The van der Waals surface area contributed by atoms with Gasteiger partial charge in [-0.3, -0.25) is 14.9 Å². The molecule has 2 N–H and O–H groups in total. The van der Waals surface area contributed by atoms with Crippen LogP contribution in [-0.4, -0.2) is 18.5 Å². The molecule has 0 fully saturated rings. The van der Waals surface area contributed by atoms with Crippen LogP contribution >= 0.6 is 23.1 Å². The number of benzene rings is 1. The monoisotopic (exact) mass is 481 g/mol. The molecule has 16 heteroatoms. The molecule has 0 unspecified atom stereocenters. The maximum Gasteiger partial charge on any atom is 0.433 e. The Kier molecular flexibility index (Phi) is 5.49. The van der Waals surface area contributed by atoms with Crippen LogP contribution in [0, 0.1) is 22.9 Å². The van der Waals surface area contributed by atoms with Crippen molar-refractivity contribution < 1.29 is 27.2 Å². The Morgan fingerprint density at radius 3 is 2.52 bits per heavy atom. The Hall–Kier alpha value is -3.46. The molecule has 0 saturated heterocycles. The number of nitrogen functional groups attached to an aromatic ring is 1. The topological polar surface area (TPSA) is 135 Å². The SMILES string of the molecule is Cc1nsc(Oc2cc(-n3c(=O)cc(C(F)(F)F)n(N)c3=O)c(F)cc2Cl)c1[N+](=O)[O-]. The Morgan fingerprint density at radius 1 is 1.29 bits per heavy atom. The minimum absolute atomic E-state index is 0.00731. The number of ether oxygens (including phenoxy) is 1. The highest BCUT2D eigenvalue weighted by molar-refractivity contribution is 7.08. The quantitative estimate of drug-likeness (QED) is 0.262. The second-order valence-corrected chi connectivity index (χ2v) is 6.99. The van der Waals surface area contributed by atoms with E-state index in [0.717, 1.165) is 0 Å². The highest BCUT2D eigenvalue weighted by Gasteiger charge is 2.36. The molecular weight excluding hydrogens is 474 g/mol. The first kappa shape index (κ1) is 22.2. The summed E-state index contributed by atoms with van der Waals surface area (Å²) in [5.41, 5.74) is -6.31.